The van der Waals surface area contributed by atoms with Crippen LogP contribution in [-0.4, -0.2) is 26.3 Å². The van der Waals surface area contributed by atoms with Crippen LogP contribution in [0.5, 0.6) is 0 Å². The van der Waals surface area contributed by atoms with Gasteiger partial charge >= 0.3 is 0 Å². The highest BCUT2D eigenvalue weighted by atomic mass is 19.1. The Morgan fingerprint density at radius 2 is 2.07 bits per heavy atom. The minimum absolute atomic E-state index is 0.195. The largest absolute Gasteiger partial charge is 0.378 e. The van der Waals surface area contributed by atoms with Crippen LogP contribution in [0.25, 0.3) is 0 Å². The smallest absolute Gasteiger partial charge is 0.146 e. The molecule has 2 N–H and O–H groups in total. The molecule has 0 aromatic heterocycles. The summed E-state index contributed by atoms with van der Waals surface area (Å²) in [6, 6.07) is 5.17. The molecule has 0 amide bonds. The van der Waals surface area contributed by atoms with Gasteiger partial charge in [-0.2, -0.15) is 0 Å². The van der Waals surface area contributed by atoms with Gasteiger partial charge in [-0.15, -0.1) is 0 Å². The highest BCUT2D eigenvalue weighted by Gasteiger charge is 2.14. The normalized spacial score (nSPS) is 16.8. The standard InChI is InChI=1S/C11H15FN2O/c12-10-7-9(8-13)1-2-11(10)14-3-5-15-6-4-14/h1-2,7H,3-6,8,13H2. The fourth-order valence-corrected chi connectivity index (χ4v) is 1.74. The van der Waals surface area contributed by atoms with Crippen molar-refractivity contribution in [1.29, 1.82) is 0 Å². The Morgan fingerprint density at radius 1 is 1.33 bits per heavy atom. The molecular weight excluding hydrogens is 195 g/mol. The zero-order valence-corrected chi connectivity index (χ0v) is 8.58. The van der Waals surface area contributed by atoms with Gasteiger partial charge in [0, 0.05) is 19.6 Å². The van der Waals surface area contributed by atoms with Gasteiger partial charge in [0.05, 0.1) is 18.9 Å². The van der Waals surface area contributed by atoms with Gasteiger partial charge in [-0.25, -0.2) is 4.39 Å². The first-order valence-electron chi connectivity index (χ1n) is 5.12. The minimum Gasteiger partial charge on any atom is -0.378 e. The van der Waals surface area contributed by atoms with Crippen molar-refractivity contribution >= 4 is 5.69 Å². The maximum atomic E-state index is 13.7. The van der Waals surface area contributed by atoms with Crippen molar-refractivity contribution in [3.05, 3.63) is 29.6 Å². The Morgan fingerprint density at radius 3 is 2.67 bits per heavy atom. The van der Waals surface area contributed by atoms with Gasteiger partial charge in [0.1, 0.15) is 5.82 Å². The monoisotopic (exact) mass is 210 g/mol. The summed E-state index contributed by atoms with van der Waals surface area (Å²) in [5.41, 5.74) is 6.92. The quantitative estimate of drug-likeness (QED) is 0.795. The number of ether oxygens (including phenoxy) is 1. The number of morpholine rings is 1. The molecule has 0 atom stereocenters. The molecule has 0 aliphatic carbocycles. The Labute approximate surface area is 88.6 Å². The highest BCUT2D eigenvalue weighted by Crippen LogP contribution is 2.21. The Kier molecular flexibility index (Phi) is 3.18. The molecule has 0 unspecified atom stereocenters. The predicted octanol–water partition coefficient (Wildman–Crippen LogP) is 1.12. The third-order valence-electron chi connectivity index (χ3n) is 2.60. The maximum Gasteiger partial charge on any atom is 0.146 e. The fourth-order valence-electron chi connectivity index (χ4n) is 1.74. The van der Waals surface area contributed by atoms with Gasteiger partial charge in [0.15, 0.2) is 0 Å². The van der Waals surface area contributed by atoms with E-state index in [1.807, 2.05) is 11.0 Å². The van der Waals surface area contributed by atoms with Crippen LogP contribution in [0.4, 0.5) is 10.1 Å². The summed E-state index contributed by atoms with van der Waals surface area (Å²) in [6.07, 6.45) is 0. The molecular formula is C11H15FN2O. The average molecular weight is 210 g/mol. The van der Waals surface area contributed by atoms with Crippen LogP contribution in [0.15, 0.2) is 18.2 Å². The second-order valence-corrected chi connectivity index (χ2v) is 3.59. The number of nitrogens with two attached hydrogens (primary N) is 1. The van der Waals surface area contributed by atoms with Crippen molar-refractivity contribution in [2.45, 2.75) is 6.54 Å². The van der Waals surface area contributed by atoms with Crippen molar-refractivity contribution in [3.63, 3.8) is 0 Å². The van der Waals surface area contributed by atoms with Gasteiger partial charge in [-0.05, 0) is 17.7 Å². The molecule has 1 aromatic carbocycles. The predicted molar refractivity (Wildman–Crippen MR) is 57.3 cm³/mol. The van der Waals surface area contributed by atoms with Crippen LogP contribution in [-0.2, 0) is 11.3 Å². The first-order valence-corrected chi connectivity index (χ1v) is 5.12. The molecule has 2 rings (SSSR count). The van der Waals surface area contributed by atoms with Gasteiger partial charge in [0.2, 0.25) is 0 Å². The van der Waals surface area contributed by atoms with Crippen molar-refractivity contribution in [3.8, 4) is 0 Å². The van der Waals surface area contributed by atoms with Crippen LogP contribution in [0, 0.1) is 5.82 Å². The second kappa shape index (κ2) is 4.59. The van der Waals surface area contributed by atoms with E-state index >= 15 is 0 Å². The number of hydrogen-bond donors (Lipinski definition) is 1. The van der Waals surface area contributed by atoms with E-state index in [2.05, 4.69) is 0 Å². The Bertz CT molecular complexity index is 337. The van der Waals surface area contributed by atoms with Crippen LogP contribution in [0.1, 0.15) is 5.56 Å². The molecule has 1 aromatic rings. The van der Waals surface area contributed by atoms with Crippen LogP contribution >= 0.6 is 0 Å². The number of hydrogen-bond acceptors (Lipinski definition) is 3. The molecule has 0 bridgehead atoms. The summed E-state index contributed by atoms with van der Waals surface area (Å²) in [4.78, 5) is 2.00. The van der Waals surface area contributed by atoms with E-state index in [-0.39, 0.29) is 5.82 Å². The third kappa shape index (κ3) is 2.27. The number of anilines is 1. The molecule has 1 aliphatic heterocycles. The van der Waals surface area contributed by atoms with E-state index in [9.17, 15) is 4.39 Å². The molecule has 1 fully saturated rings. The summed E-state index contributed by atoms with van der Waals surface area (Å²) < 4.78 is 18.9. The van der Waals surface area contributed by atoms with E-state index < -0.39 is 0 Å². The number of benzene rings is 1. The van der Waals surface area contributed by atoms with Crippen LogP contribution in [0.3, 0.4) is 0 Å². The lowest BCUT2D eigenvalue weighted by Gasteiger charge is -2.29. The maximum absolute atomic E-state index is 13.7. The minimum atomic E-state index is -0.195. The lowest BCUT2D eigenvalue weighted by atomic mass is 10.2. The topological polar surface area (TPSA) is 38.5 Å². The lowest BCUT2D eigenvalue weighted by molar-refractivity contribution is 0.122. The molecule has 1 heterocycles. The molecule has 0 saturated carbocycles. The first kappa shape index (κ1) is 10.4. The molecule has 82 valence electrons. The third-order valence-corrected chi connectivity index (χ3v) is 2.60. The molecule has 15 heavy (non-hydrogen) atoms. The second-order valence-electron chi connectivity index (χ2n) is 3.59. The Hall–Kier alpha value is -1.13. The number of nitrogens with zero attached hydrogens (tertiary/aromatic N) is 1. The van der Waals surface area contributed by atoms with Gasteiger partial charge in [0.25, 0.3) is 0 Å². The SMILES string of the molecule is NCc1ccc(N2CCOCC2)c(F)c1. The summed E-state index contributed by atoms with van der Waals surface area (Å²) in [5.74, 6) is -0.195. The van der Waals surface area contributed by atoms with Crippen LogP contribution in [0.2, 0.25) is 0 Å². The van der Waals surface area contributed by atoms with E-state index in [0.29, 0.717) is 25.4 Å². The highest BCUT2D eigenvalue weighted by molar-refractivity contribution is 5.49. The van der Waals surface area contributed by atoms with Crippen molar-refractivity contribution in [2.75, 3.05) is 31.2 Å². The van der Waals surface area contributed by atoms with E-state index in [1.54, 1.807) is 6.07 Å². The Balaban J connectivity index is 2.19. The molecule has 1 saturated heterocycles. The molecule has 3 nitrogen and oxygen atoms in total. The summed E-state index contributed by atoms with van der Waals surface area (Å²) in [6.45, 7) is 3.20. The lowest BCUT2D eigenvalue weighted by Crippen LogP contribution is -2.36. The van der Waals surface area contributed by atoms with Crippen molar-refractivity contribution in [2.24, 2.45) is 5.73 Å². The fraction of sp³-hybridized carbons (Fsp3) is 0.455. The van der Waals surface area contributed by atoms with E-state index in [4.69, 9.17) is 10.5 Å². The van der Waals surface area contributed by atoms with Gasteiger partial charge < -0.3 is 15.4 Å². The molecule has 4 heteroatoms. The molecule has 0 spiro atoms. The number of rotatable bonds is 2. The van der Waals surface area contributed by atoms with Crippen molar-refractivity contribution < 1.29 is 9.13 Å². The first-order chi connectivity index (χ1) is 7.31. The zero-order chi connectivity index (χ0) is 10.7. The molecule has 0 radical (unpaired) electrons. The van der Waals surface area contributed by atoms with Gasteiger partial charge in [-0.3, -0.25) is 0 Å². The summed E-state index contributed by atoms with van der Waals surface area (Å²) >= 11 is 0. The number of halogens is 1. The average Bonchev–Trinajstić information content (AvgIpc) is 2.30. The van der Waals surface area contributed by atoms with E-state index in [1.165, 1.54) is 6.07 Å². The van der Waals surface area contributed by atoms with Crippen molar-refractivity contribution in [1.82, 2.24) is 0 Å². The van der Waals surface area contributed by atoms with Gasteiger partial charge in [-0.1, -0.05) is 6.07 Å². The molecule has 1 aliphatic rings. The zero-order valence-electron chi connectivity index (χ0n) is 8.58. The van der Waals surface area contributed by atoms with E-state index in [0.717, 1.165) is 18.7 Å². The summed E-state index contributed by atoms with van der Waals surface area (Å²) in [5, 5.41) is 0. The summed E-state index contributed by atoms with van der Waals surface area (Å²) in [7, 11) is 0. The van der Waals surface area contributed by atoms with Crippen LogP contribution < -0.4 is 10.6 Å².